The van der Waals surface area contributed by atoms with Crippen molar-refractivity contribution in [3.05, 3.63) is 0 Å². The first-order valence-corrected chi connectivity index (χ1v) is 5.06. The number of Topliss-reactive ketones (excluding diaryl/α,β-unsaturated/α-hetero) is 1. The third kappa shape index (κ3) is 6.14. The lowest BCUT2D eigenvalue weighted by atomic mass is 10.2. The van der Waals surface area contributed by atoms with E-state index in [9.17, 15) is 4.79 Å². The molecule has 0 heterocycles. The highest BCUT2D eigenvalue weighted by atomic mass is 32.2. The lowest BCUT2D eigenvalue weighted by Gasteiger charge is -1.96. The first-order chi connectivity index (χ1) is 4.81. The van der Waals surface area contributed by atoms with Crippen LogP contribution in [-0.4, -0.2) is 17.3 Å². The summed E-state index contributed by atoms with van der Waals surface area (Å²) in [6.45, 7) is 4.17. The van der Waals surface area contributed by atoms with E-state index in [1.807, 2.05) is 18.7 Å². The van der Waals surface area contributed by atoms with E-state index < -0.39 is 0 Å². The molecule has 0 aromatic carbocycles. The Morgan fingerprint density at radius 1 is 1.30 bits per heavy atom. The van der Waals surface area contributed by atoms with Crippen LogP contribution in [0.25, 0.3) is 0 Å². The van der Waals surface area contributed by atoms with E-state index in [1.54, 1.807) is 0 Å². The molecule has 60 valence electrons. The molecule has 0 aromatic heterocycles. The van der Waals surface area contributed by atoms with Crippen molar-refractivity contribution in [2.75, 3.05) is 11.5 Å². The summed E-state index contributed by atoms with van der Waals surface area (Å²) >= 11 is 1.84. The molecule has 0 N–H and O–H groups in total. The Morgan fingerprint density at radius 2 is 2.00 bits per heavy atom. The second-order valence-corrected chi connectivity index (χ2v) is 3.63. The molecule has 0 spiro atoms. The number of hydrogen-bond donors (Lipinski definition) is 0. The maximum absolute atomic E-state index is 10.9. The van der Waals surface area contributed by atoms with Crippen LogP contribution in [0.4, 0.5) is 0 Å². The summed E-state index contributed by atoms with van der Waals surface area (Å²) in [5.41, 5.74) is 0. The topological polar surface area (TPSA) is 17.1 Å². The Morgan fingerprint density at radius 3 is 2.50 bits per heavy atom. The fraction of sp³-hybridized carbons (Fsp3) is 0.875. The Bertz CT molecular complexity index is 91.3. The van der Waals surface area contributed by atoms with Gasteiger partial charge in [-0.2, -0.15) is 11.8 Å². The first-order valence-electron chi connectivity index (χ1n) is 3.90. The molecule has 0 atom stereocenters. The molecule has 0 aliphatic heterocycles. The Labute approximate surface area is 67.6 Å². The predicted octanol–water partition coefficient (Wildman–Crippen LogP) is 2.50. The average Bonchev–Trinajstić information content (AvgIpc) is 1.89. The van der Waals surface area contributed by atoms with Gasteiger partial charge < -0.3 is 0 Å². The van der Waals surface area contributed by atoms with Crippen LogP contribution >= 0.6 is 11.8 Å². The minimum atomic E-state index is 0.420. The third-order valence-corrected chi connectivity index (χ3v) is 2.16. The molecule has 0 radical (unpaired) electrons. The van der Waals surface area contributed by atoms with E-state index in [2.05, 4.69) is 6.92 Å². The summed E-state index contributed by atoms with van der Waals surface area (Å²) in [7, 11) is 0. The van der Waals surface area contributed by atoms with Gasteiger partial charge in [0.05, 0.1) is 0 Å². The summed E-state index contributed by atoms with van der Waals surface area (Å²) in [5, 5.41) is 0. The maximum atomic E-state index is 10.9. The summed E-state index contributed by atoms with van der Waals surface area (Å²) in [5.74, 6) is 2.55. The zero-order valence-electron chi connectivity index (χ0n) is 6.85. The van der Waals surface area contributed by atoms with Gasteiger partial charge >= 0.3 is 0 Å². The van der Waals surface area contributed by atoms with Crippen molar-refractivity contribution in [1.82, 2.24) is 0 Å². The van der Waals surface area contributed by atoms with Gasteiger partial charge in [-0.15, -0.1) is 0 Å². The highest BCUT2D eigenvalue weighted by Crippen LogP contribution is 2.03. The van der Waals surface area contributed by atoms with Crippen LogP contribution in [0.2, 0.25) is 0 Å². The molecule has 0 rings (SSSR count). The van der Waals surface area contributed by atoms with E-state index in [4.69, 9.17) is 0 Å². The highest BCUT2D eigenvalue weighted by Gasteiger charge is 1.97. The van der Waals surface area contributed by atoms with Crippen molar-refractivity contribution in [3.8, 4) is 0 Å². The van der Waals surface area contributed by atoms with Gasteiger partial charge in [0, 0.05) is 18.6 Å². The smallest absolute Gasteiger partial charge is 0.133 e. The van der Waals surface area contributed by atoms with Crippen LogP contribution in [-0.2, 0) is 4.79 Å². The molecule has 0 aliphatic rings. The van der Waals surface area contributed by atoms with E-state index in [0.717, 1.165) is 30.8 Å². The van der Waals surface area contributed by atoms with Crippen molar-refractivity contribution in [2.24, 2.45) is 0 Å². The van der Waals surface area contributed by atoms with Crippen molar-refractivity contribution < 1.29 is 4.79 Å². The normalized spacial score (nSPS) is 9.80. The molecule has 0 saturated heterocycles. The van der Waals surface area contributed by atoms with Crippen LogP contribution in [0, 0.1) is 0 Å². The Hall–Kier alpha value is 0.0200. The van der Waals surface area contributed by atoms with Gasteiger partial charge in [0.25, 0.3) is 0 Å². The van der Waals surface area contributed by atoms with Crippen LogP contribution < -0.4 is 0 Å². The van der Waals surface area contributed by atoms with E-state index in [1.165, 1.54) is 0 Å². The van der Waals surface area contributed by atoms with E-state index >= 15 is 0 Å². The lowest BCUT2D eigenvalue weighted by molar-refractivity contribution is -0.118. The second kappa shape index (κ2) is 7.13. The van der Waals surface area contributed by atoms with Crippen molar-refractivity contribution in [1.29, 1.82) is 0 Å². The molecule has 0 saturated carbocycles. The largest absolute Gasteiger partial charge is 0.300 e. The SMILES string of the molecule is CCCC(=O)CCSCC. The molecule has 1 nitrogen and oxygen atoms in total. The number of rotatable bonds is 6. The van der Waals surface area contributed by atoms with Crippen LogP contribution in [0.15, 0.2) is 0 Å². The summed E-state index contributed by atoms with van der Waals surface area (Å²) in [6, 6.07) is 0. The number of hydrogen-bond acceptors (Lipinski definition) is 2. The van der Waals surface area contributed by atoms with Gasteiger partial charge in [0.1, 0.15) is 5.78 Å². The van der Waals surface area contributed by atoms with Gasteiger partial charge in [-0.25, -0.2) is 0 Å². The standard InChI is InChI=1S/C8H16OS/c1-3-5-8(9)6-7-10-4-2/h3-7H2,1-2H3. The molecule has 0 amide bonds. The Balaban J connectivity index is 3.05. The Kier molecular flexibility index (Phi) is 7.15. The maximum Gasteiger partial charge on any atom is 0.133 e. The van der Waals surface area contributed by atoms with Gasteiger partial charge in [-0.05, 0) is 12.2 Å². The highest BCUT2D eigenvalue weighted by molar-refractivity contribution is 7.99. The van der Waals surface area contributed by atoms with Crippen molar-refractivity contribution >= 4 is 17.5 Å². The quantitative estimate of drug-likeness (QED) is 0.555. The van der Waals surface area contributed by atoms with E-state index in [-0.39, 0.29) is 0 Å². The van der Waals surface area contributed by atoms with Crippen LogP contribution in [0.1, 0.15) is 33.1 Å². The third-order valence-electron chi connectivity index (χ3n) is 1.26. The molecule has 0 aromatic rings. The molecule has 0 aliphatic carbocycles. The fourth-order valence-electron chi connectivity index (χ4n) is 0.734. The second-order valence-electron chi connectivity index (χ2n) is 2.24. The molecular weight excluding hydrogens is 144 g/mol. The minimum absolute atomic E-state index is 0.420. The number of ketones is 1. The minimum Gasteiger partial charge on any atom is -0.300 e. The molecule has 0 fully saturated rings. The van der Waals surface area contributed by atoms with Crippen molar-refractivity contribution in [2.45, 2.75) is 33.1 Å². The van der Waals surface area contributed by atoms with Crippen molar-refractivity contribution in [3.63, 3.8) is 0 Å². The zero-order valence-corrected chi connectivity index (χ0v) is 7.67. The number of carbonyl (C=O) groups excluding carboxylic acids is 1. The molecule has 0 bridgehead atoms. The van der Waals surface area contributed by atoms with E-state index in [0.29, 0.717) is 5.78 Å². The summed E-state index contributed by atoms with van der Waals surface area (Å²) in [4.78, 5) is 10.9. The van der Waals surface area contributed by atoms with Gasteiger partial charge in [-0.3, -0.25) is 4.79 Å². The number of thioether (sulfide) groups is 1. The monoisotopic (exact) mass is 160 g/mol. The van der Waals surface area contributed by atoms with Crippen LogP contribution in [0.3, 0.4) is 0 Å². The summed E-state index contributed by atoms with van der Waals surface area (Å²) in [6.07, 6.45) is 2.53. The number of carbonyl (C=O) groups is 1. The molecule has 0 unspecified atom stereocenters. The average molecular weight is 160 g/mol. The summed E-state index contributed by atoms with van der Waals surface area (Å²) < 4.78 is 0. The molecule has 2 heteroatoms. The lowest BCUT2D eigenvalue weighted by Crippen LogP contribution is -1.98. The van der Waals surface area contributed by atoms with Gasteiger partial charge in [-0.1, -0.05) is 13.8 Å². The predicted molar refractivity (Wildman–Crippen MR) is 47.5 cm³/mol. The fourth-order valence-corrected chi connectivity index (χ4v) is 1.39. The molecular formula is C8H16OS. The van der Waals surface area contributed by atoms with Gasteiger partial charge in [0.2, 0.25) is 0 Å². The first kappa shape index (κ1) is 10.0. The molecule has 10 heavy (non-hydrogen) atoms. The zero-order chi connectivity index (χ0) is 7.82. The van der Waals surface area contributed by atoms with Crippen LogP contribution in [0.5, 0.6) is 0 Å². The van der Waals surface area contributed by atoms with Gasteiger partial charge in [0.15, 0.2) is 0 Å².